The lowest BCUT2D eigenvalue weighted by atomic mass is 10.1. The van der Waals surface area contributed by atoms with Crippen molar-refractivity contribution in [2.75, 3.05) is 5.32 Å². The number of halogens is 1. The van der Waals surface area contributed by atoms with Gasteiger partial charge in [0.25, 0.3) is 0 Å². The third kappa shape index (κ3) is 3.32. The molecule has 0 spiro atoms. The number of carbonyl (C=O) groups excluding carboxylic acids is 1. The molecule has 0 aliphatic carbocycles. The van der Waals surface area contributed by atoms with Crippen LogP contribution in [0.25, 0.3) is 10.9 Å². The Morgan fingerprint density at radius 2 is 1.91 bits per heavy atom. The summed E-state index contributed by atoms with van der Waals surface area (Å²) in [7, 11) is 0. The summed E-state index contributed by atoms with van der Waals surface area (Å²) >= 11 is 3.48. The number of anilines is 1. The quantitative estimate of drug-likeness (QED) is 0.675. The maximum Gasteiger partial charge on any atom is 0.247 e. The van der Waals surface area contributed by atoms with E-state index in [0.29, 0.717) is 0 Å². The molecule has 2 aromatic carbocycles. The molecule has 1 amide bonds. The molecule has 4 heteroatoms. The van der Waals surface area contributed by atoms with Crippen molar-refractivity contribution in [3.05, 3.63) is 64.8 Å². The summed E-state index contributed by atoms with van der Waals surface area (Å²) in [5.74, 6) is -0.0188. The Labute approximate surface area is 144 Å². The molecule has 0 saturated heterocycles. The van der Waals surface area contributed by atoms with Crippen LogP contribution in [0, 0.1) is 0 Å². The van der Waals surface area contributed by atoms with Gasteiger partial charge in [-0.3, -0.25) is 4.79 Å². The van der Waals surface area contributed by atoms with Crippen molar-refractivity contribution in [2.24, 2.45) is 0 Å². The maximum absolute atomic E-state index is 12.5. The zero-order chi connectivity index (χ0) is 16.4. The molecule has 1 heterocycles. The van der Waals surface area contributed by atoms with Crippen molar-refractivity contribution in [2.45, 2.75) is 26.3 Å². The van der Waals surface area contributed by atoms with Crippen LogP contribution in [0.5, 0.6) is 0 Å². The minimum absolute atomic E-state index is 0.0188. The summed E-state index contributed by atoms with van der Waals surface area (Å²) in [6.07, 6.45) is 2.96. The van der Waals surface area contributed by atoms with Crippen molar-refractivity contribution in [1.29, 1.82) is 0 Å². The number of fused-ring (bicyclic) bond motifs is 1. The summed E-state index contributed by atoms with van der Waals surface area (Å²) in [5, 5.41) is 4.11. The molecule has 1 N–H and O–H groups in total. The minimum Gasteiger partial charge on any atom is -0.335 e. The van der Waals surface area contributed by atoms with Gasteiger partial charge in [0.1, 0.15) is 6.04 Å². The van der Waals surface area contributed by atoms with Gasteiger partial charge in [-0.1, -0.05) is 35.0 Å². The first-order valence-corrected chi connectivity index (χ1v) is 8.53. The summed E-state index contributed by atoms with van der Waals surface area (Å²) < 4.78 is 3.04. The Morgan fingerprint density at radius 3 is 2.61 bits per heavy atom. The number of nitrogens with one attached hydrogen (secondary N) is 1. The monoisotopic (exact) mass is 370 g/mol. The summed E-state index contributed by atoms with van der Waals surface area (Å²) in [4.78, 5) is 12.5. The van der Waals surface area contributed by atoms with Crippen LogP contribution in [0.2, 0.25) is 0 Å². The van der Waals surface area contributed by atoms with E-state index >= 15 is 0 Å². The van der Waals surface area contributed by atoms with Gasteiger partial charge in [-0.05, 0) is 55.3 Å². The molecule has 0 aliphatic rings. The molecule has 3 rings (SSSR count). The standard InChI is InChI=1S/C19H19BrN2O/c1-3-14-4-7-17(8-5-14)21-19(23)13(2)22-11-10-15-12-16(20)6-9-18(15)22/h4-13H,3H2,1-2H3,(H,21,23). The molecule has 3 nitrogen and oxygen atoms in total. The van der Waals surface area contributed by atoms with E-state index in [-0.39, 0.29) is 11.9 Å². The number of hydrogen-bond acceptors (Lipinski definition) is 1. The molecule has 3 aromatic rings. The van der Waals surface area contributed by atoms with Crippen molar-refractivity contribution < 1.29 is 4.79 Å². The third-order valence-corrected chi connectivity index (χ3v) is 4.60. The number of nitrogens with zero attached hydrogens (tertiary/aromatic N) is 1. The lowest BCUT2D eigenvalue weighted by Gasteiger charge is -2.15. The van der Waals surface area contributed by atoms with E-state index in [2.05, 4.69) is 34.2 Å². The van der Waals surface area contributed by atoms with Crippen LogP contribution in [0.15, 0.2) is 59.2 Å². The largest absolute Gasteiger partial charge is 0.335 e. The number of aromatic nitrogens is 1. The van der Waals surface area contributed by atoms with Gasteiger partial charge >= 0.3 is 0 Å². The molecule has 23 heavy (non-hydrogen) atoms. The van der Waals surface area contributed by atoms with Crippen LogP contribution in [-0.2, 0) is 11.2 Å². The molecule has 1 atom stereocenters. The molecule has 1 unspecified atom stereocenters. The number of rotatable bonds is 4. The SMILES string of the molecule is CCc1ccc(NC(=O)C(C)n2ccc3cc(Br)ccc32)cc1. The number of carbonyl (C=O) groups is 1. The highest BCUT2D eigenvalue weighted by Crippen LogP contribution is 2.24. The van der Waals surface area contributed by atoms with Crippen molar-refractivity contribution in [3.8, 4) is 0 Å². The van der Waals surface area contributed by atoms with E-state index in [1.165, 1.54) is 5.56 Å². The highest BCUT2D eigenvalue weighted by molar-refractivity contribution is 9.10. The molecule has 118 valence electrons. The van der Waals surface area contributed by atoms with E-state index in [0.717, 1.165) is 27.5 Å². The first-order valence-electron chi connectivity index (χ1n) is 7.74. The molecule has 0 aliphatic heterocycles. The molecular weight excluding hydrogens is 352 g/mol. The van der Waals surface area contributed by atoms with E-state index < -0.39 is 0 Å². The molecule has 1 aromatic heterocycles. The first-order chi connectivity index (χ1) is 11.1. The number of amides is 1. The predicted octanol–water partition coefficient (Wildman–Crippen LogP) is 5.17. The van der Waals surface area contributed by atoms with Crippen LogP contribution < -0.4 is 5.32 Å². The van der Waals surface area contributed by atoms with Crippen molar-refractivity contribution >= 4 is 38.4 Å². The normalized spacial score (nSPS) is 12.3. The molecule has 0 saturated carbocycles. The predicted molar refractivity (Wildman–Crippen MR) is 98.8 cm³/mol. The lowest BCUT2D eigenvalue weighted by molar-refractivity contribution is -0.118. The van der Waals surface area contributed by atoms with E-state index in [1.54, 1.807) is 0 Å². The van der Waals surface area contributed by atoms with Gasteiger partial charge in [0.05, 0.1) is 0 Å². The average molecular weight is 371 g/mol. The zero-order valence-electron chi connectivity index (χ0n) is 13.2. The Hall–Kier alpha value is -2.07. The van der Waals surface area contributed by atoms with Gasteiger partial charge in [0.15, 0.2) is 0 Å². The fraction of sp³-hybridized carbons (Fsp3) is 0.211. The second-order valence-corrected chi connectivity index (χ2v) is 6.56. The summed E-state index contributed by atoms with van der Waals surface area (Å²) in [6, 6.07) is 15.8. The maximum atomic E-state index is 12.5. The first kappa shape index (κ1) is 15.8. The number of aryl methyl sites for hydroxylation is 1. The van der Waals surface area contributed by atoms with Crippen LogP contribution >= 0.6 is 15.9 Å². The smallest absolute Gasteiger partial charge is 0.247 e. The lowest BCUT2D eigenvalue weighted by Crippen LogP contribution is -2.23. The average Bonchev–Trinajstić information content (AvgIpc) is 2.97. The Balaban J connectivity index is 1.80. The second kappa shape index (κ2) is 6.59. The van der Waals surface area contributed by atoms with Gasteiger partial charge in [-0.15, -0.1) is 0 Å². The number of hydrogen-bond donors (Lipinski definition) is 1. The van der Waals surface area contributed by atoms with Gasteiger partial charge in [-0.2, -0.15) is 0 Å². The molecule has 0 bridgehead atoms. The Bertz CT molecular complexity index is 836. The van der Waals surface area contributed by atoms with Crippen LogP contribution in [-0.4, -0.2) is 10.5 Å². The Kier molecular flexibility index (Phi) is 4.53. The van der Waals surface area contributed by atoms with Gasteiger partial charge in [0, 0.05) is 27.3 Å². The fourth-order valence-corrected chi connectivity index (χ4v) is 3.05. The highest BCUT2D eigenvalue weighted by Gasteiger charge is 2.16. The summed E-state index contributed by atoms with van der Waals surface area (Å²) in [5.41, 5.74) is 3.15. The van der Waals surface area contributed by atoms with Gasteiger partial charge < -0.3 is 9.88 Å². The van der Waals surface area contributed by atoms with E-state index in [1.807, 2.05) is 60.2 Å². The van der Waals surface area contributed by atoms with Crippen LogP contribution in [0.3, 0.4) is 0 Å². The van der Waals surface area contributed by atoms with Crippen LogP contribution in [0.4, 0.5) is 5.69 Å². The van der Waals surface area contributed by atoms with Crippen LogP contribution in [0.1, 0.15) is 25.5 Å². The zero-order valence-corrected chi connectivity index (χ0v) is 14.8. The number of benzene rings is 2. The van der Waals surface area contributed by atoms with E-state index in [4.69, 9.17) is 0 Å². The third-order valence-electron chi connectivity index (χ3n) is 4.11. The van der Waals surface area contributed by atoms with Gasteiger partial charge in [-0.25, -0.2) is 0 Å². The second-order valence-electron chi connectivity index (χ2n) is 5.64. The topological polar surface area (TPSA) is 34.0 Å². The molecule has 0 fully saturated rings. The van der Waals surface area contributed by atoms with Crippen molar-refractivity contribution in [3.63, 3.8) is 0 Å². The fourth-order valence-electron chi connectivity index (χ4n) is 2.67. The highest BCUT2D eigenvalue weighted by atomic mass is 79.9. The molecular formula is C19H19BrN2O. The Morgan fingerprint density at radius 1 is 1.17 bits per heavy atom. The minimum atomic E-state index is -0.278. The van der Waals surface area contributed by atoms with Gasteiger partial charge in [0.2, 0.25) is 5.91 Å². The molecule has 0 radical (unpaired) electrons. The van der Waals surface area contributed by atoms with Crippen molar-refractivity contribution in [1.82, 2.24) is 4.57 Å². The summed E-state index contributed by atoms with van der Waals surface area (Å²) in [6.45, 7) is 4.03. The van der Waals surface area contributed by atoms with E-state index in [9.17, 15) is 4.79 Å².